The summed E-state index contributed by atoms with van der Waals surface area (Å²) < 4.78 is 6.09. The summed E-state index contributed by atoms with van der Waals surface area (Å²) in [5.41, 5.74) is 4.65. The zero-order valence-electron chi connectivity index (χ0n) is 19.2. The van der Waals surface area contributed by atoms with Crippen LogP contribution in [-0.2, 0) is 6.61 Å². The molecule has 0 spiro atoms. The number of nitrogens with zero attached hydrogens (tertiary/aromatic N) is 2. The first-order valence-electron chi connectivity index (χ1n) is 11.3. The average molecular weight is 472 g/mol. The summed E-state index contributed by atoms with van der Waals surface area (Å²) in [4.78, 5) is 12.8. The minimum absolute atomic E-state index is 0.119. The van der Waals surface area contributed by atoms with Crippen LogP contribution in [0, 0.1) is 11.3 Å². The van der Waals surface area contributed by atoms with E-state index in [1.54, 1.807) is 18.2 Å². The number of aromatic hydroxyl groups is 1. The second-order valence-electron chi connectivity index (χ2n) is 8.17. The predicted octanol–water partition coefficient (Wildman–Crippen LogP) is 5.91. The van der Waals surface area contributed by atoms with Crippen LogP contribution >= 0.6 is 0 Å². The fourth-order valence-corrected chi connectivity index (χ4v) is 4.07. The van der Waals surface area contributed by atoms with E-state index in [-0.39, 0.29) is 17.9 Å². The van der Waals surface area contributed by atoms with Gasteiger partial charge >= 0.3 is 0 Å². The van der Waals surface area contributed by atoms with Crippen molar-refractivity contribution >= 4 is 33.7 Å². The van der Waals surface area contributed by atoms with Crippen molar-refractivity contribution in [2.45, 2.75) is 6.61 Å². The van der Waals surface area contributed by atoms with Crippen LogP contribution in [0.4, 0.5) is 0 Å². The van der Waals surface area contributed by atoms with Crippen molar-refractivity contribution in [2.75, 3.05) is 0 Å². The Kier molecular flexibility index (Phi) is 6.29. The summed E-state index contributed by atoms with van der Waals surface area (Å²) >= 11 is 0. The molecule has 0 fully saturated rings. The Morgan fingerprint density at radius 1 is 0.917 bits per heavy atom. The van der Waals surface area contributed by atoms with Gasteiger partial charge in [0.05, 0.1) is 23.4 Å². The Morgan fingerprint density at radius 3 is 2.42 bits per heavy atom. The van der Waals surface area contributed by atoms with Gasteiger partial charge in [0.25, 0.3) is 5.91 Å². The normalized spacial score (nSPS) is 11.0. The van der Waals surface area contributed by atoms with Crippen LogP contribution in [0.25, 0.3) is 21.5 Å². The Hall–Kier alpha value is -5.15. The lowest BCUT2D eigenvalue weighted by Gasteiger charge is -2.12. The molecule has 5 aromatic carbocycles. The minimum Gasteiger partial charge on any atom is -0.507 e. The van der Waals surface area contributed by atoms with Gasteiger partial charge in [-0.2, -0.15) is 10.4 Å². The van der Waals surface area contributed by atoms with Crippen molar-refractivity contribution in [3.63, 3.8) is 0 Å². The highest BCUT2D eigenvalue weighted by Gasteiger charge is 2.13. The smallest absolute Gasteiger partial charge is 0.275 e. The van der Waals surface area contributed by atoms with Gasteiger partial charge in [-0.25, -0.2) is 5.43 Å². The van der Waals surface area contributed by atoms with Gasteiger partial charge in [0, 0.05) is 11.1 Å². The molecule has 0 bridgehead atoms. The largest absolute Gasteiger partial charge is 0.507 e. The third-order valence-electron chi connectivity index (χ3n) is 5.92. The zero-order chi connectivity index (χ0) is 24.9. The topological polar surface area (TPSA) is 94.7 Å². The van der Waals surface area contributed by atoms with E-state index in [4.69, 9.17) is 4.74 Å². The molecule has 0 aliphatic carbocycles. The summed E-state index contributed by atoms with van der Waals surface area (Å²) in [5.74, 6) is -0.0834. The van der Waals surface area contributed by atoms with E-state index in [1.165, 1.54) is 6.21 Å². The summed E-state index contributed by atoms with van der Waals surface area (Å²) in [6.45, 7) is 0.209. The van der Waals surface area contributed by atoms with Crippen molar-refractivity contribution in [3.05, 3.63) is 119 Å². The fraction of sp³-hybridized carbons (Fsp3) is 0.0333. The molecular formula is C30H21N3O3. The van der Waals surface area contributed by atoms with Crippen molar-refractivity contribution < 1.29 is 14.6 Å². The van der Waals surface area contributed by atoms with Crippen molar-refractivity contribution in [1.82, 2.24) is 5.43 Å². The quantitative estimate of drug-likeness (QED) is 0.238. The number of hydrogen-bond acceptors (Lipinski definition) is 5. The van der Waals surface area contributed by atoms with E-state index in [1.807, 2.05) is 78.9 Å². The first-order chi connectivity index (χ1) is 17.6. The van der Waals surface area contributed by atoms with Crippen LogP contribution in [0.2, 0.25) is 0 Å². The van der Waals surface area contributed by atoms with E-state index in [0.717, 1.165) is 27.1 Å². The number of carbonyl (C=O) groups is 1. The number of rotatable bonds is 6. The molecule has 5 rings (SSSR count). The highest BCUT2D eigenvalue weighted by atomic mass is 16.5. The highest BCUT2D eigenvalue weighted by Crippen LogP contribution is 2.28. The molecule has 6 heteroatoms. The van der Waals surface area contributed by atoms with Gasteiger partial charge in [-0.3, -0.25) is 4.79 Å². The molecule has 1 amide bonds. The van der Waals surface area contributed by atoms with Crippen molar-refractivity contribution in [2.24, 2.45) is 5.10 Å². The highest BCUT2D eigenvalue weighted by molar-refractivity contribution is 6.04. The van der Waals surface area contributed by atoms with Gasteiger partial charge in [-0.05, 0) is 45.8 Å². The molecule has 0 aromatic heterocycles. The number of amides is 1. The van der Waals surface area contributed by atoms with Crippen LogP contribution in [0.1, 0.15) is 27.0 Å². The molecule has 2 N–H and O–H groups in total. The Labute approximate surface area is 207 Å². The SMILES string of the molecule is N#Cc1ccccc1COc1ccc2ccccc2c1C=NNC(=O)c1cc2ccccc2cc1O. The first-order valence-corrected chi connectivity index (χ1v) is 11.3. The standard InChI is InChI=1S/C30H21N3O3/c31-17-23-10-3-4-11-24(23)19-36-29-14-13-20-7-5-6-12-25(20)27(29)18-32-33-30(35)26-15-21-8-1-2-9-22(21)16-28(26)34/h1-16,18,34H,19H2,(H,33,35). The number of benzene rings is 5. The molecule has 0 unspecified atom stereocenters. The van der Waals surface area contributed by atoms with Gasteiger partial charge in [-0.15, -0.1) is 0 Å². The van der Waals surface area contributed by atoms with E-state index in [0.29, 0.717) is 16.9 Å². The molecule has 0 aliphatic heterocycles. The van der Waals surface area contributed by atoms with Gasteiger partial charge in [0.1, 0.15) is 18.1 Å². The Bertz CT molecular complexity index is 1670. The number of fused-ring (bicyclic) bond motifs is 2. The van der Waals surface area contributed by atoms with E-state index in [2.05, 4.69) is 16.6 Å². The lowest BCUT2D eigenvalue weighted by molar-refractivity contribution is 0.0952. The summed E-state index contributed by atoms with van der Waals surface area (Å²) in [6, 6.07) is 31.7. The van der Waals surface area contributed by atoms with Crippen molar-refractivity contribution in [1.29, 1.82) is 5.26 Å². The number of carbonyl (C=O) groups excluding carboxylic acids is 1. The van der Waals surface area contributed by atoms with Crippen LogP contribution in [0.3, 0.4) is 0 Å². The van der Waals surface area contributed by atoms with Gasteiger partial charge in [0.15, 0.2) is 0 Å². The van der Waals surface area contributed by atoms with Crippen LogP contribution in [0.5, 0.6) is 11.5 Å². The molecule has 0 aliphatic rings. The molecule has 174 valence electrons. The first kappa shape index (κ1) is 22.6. The van der Waals surface area contributed by atoms with Crippen LogP contribution in [0.15, 0.2) is 102 Å². The summed E-state index contributed by atoms with van der Waals surface area (Å²) in [5, 5.41) is 27.4. The second-order valence-corrected chi connectivity index (χ2v) is 8.17. The monoisotopic (exact) mass is 471 g/mol. The third kappa shape index (κ3) is 4.59. The Morgan fingerprint density at radius 2 is 1.61 bits per heavy atom. The average Bonchev–Trinajstić information content (AvgIpc) is 2.92. The second kappa shape index (κ2) is 10.00. The maximum absolute atomic E-state index is 12.8. The number of nitrogens with one attached hydrogen (secondary N) is 1. The molecule has 0 atom stereocenters. The third-order valence-corrected chi connectivity index (χ3v) is 5.92. The molecule has 0 heterocycles. The zero-order valence-corrected chi connectivity index (χ0v) is 19.2. The van der Waals surface area contributed by atoms with Gasteiger partial charge in [-0.1, -0.05) is 72.8 Å². The summed E-state index contributed by atoms with van der Waals surface area (Å²) in [6.07, 6.45) is 1.53. The minimum atomic E-state index is -0.528. The number of hydrogen-bond donors (Lipinski definition) is 2. The number of hydrazone groups is 1. The molecule has 0 radical (unpaired) electrons. The number of phenols is 1. The predicted molar refractivity (Wildman–Crippen MR) is 140 cm³/mol. The molecule has 0 saturated heterocycles. The molecule has 36 heavy (non-hydrogen) atoms. The van der Waals surface area contributed by atoms with Crippen LogP contribution in [-0.4, -0.2) is 17.2 Å². The maximum Gasteiger partial charge on any atom is 0.275 e. The lowest BCUT2D eigenvalue weighted by Crippen LogP contribution is -2.18. The van der Waals surface area contributed by atoms with Crippen LogP contribution < -0.4 is 10.2 Å². The van der Waals surface area contributed by atoms with Gasteiger partial charge < -0.3 is 9.84 Å². The Balaban J connectivity index is 1.42. The molecule has 0 saturated carbocycles. The molecule has 6 nitrogen and oxygen atoms in total. The van der Waals surface area contributed by atoms with Crippen molar-refractivity contribution in [3.8, 4) is 17.6 Å². The fourth-order valence-electron chi connectivity index (χ4n) is 4.07. The van der Waals surface area contributed by atoms with E-state index >= 15 is 0 Å². The van der Waals surface area contributed by atoms with E-state index in [9.17, 15) is 15.2 Å². The summed E-state index contributed by atoms with van der Waals surface area (Å²) in [7, 11) is 0. The lowest BCUT2D eigenvalue weighted by atomic mass is 10.0. The molecule has 5 aromatic rings. The van der Waals surface area contributed by atoms with E-state index < -0.39 is 5.91 Å². The number of nitriles is 1. The number of phenolic OH excluding ortho intramolecular Hbond substituents is 1. The molecular weight excluding hydrogens is 450 g/mol. The van der Waals surface area contributed by atoms with Gasteiger partial charge in [0.2, 0.25) is 0 Å². The number of ether oxygens (including phenoxy) is 1. The maximum atomic E-state index is 12.8.